The summed E-state index contributed by atoms with van der Waals surface area (Å²) < 4.78 is 81.8. The van der Waals surface area contributed by atoms with Gasteiger partial charge in [0.1, 0.15) is 23.6 Å². The van der Waals surface area contributed by atoms with Crippen LogP contribution in [0.4, 0.5) is 27.8 Å². The molecule has 0 unspecified atom stereocenters. The third-order valence-electron chi connectivity index (χ3n) is 8.06. The molecular weight excluding hydrogens is 711 g/mol. The Morgan fingerprint density at radius 2 is 1.83 bits per heavy atom. The van der Waals surface area contributed by atoms with E-state index in [1.54, 1.807) is 23.6 Å². The average molecular weight is 738 g/mol. The zero-order valence-electron chi connectivity index (χ0n) is 24.9. The average Bonchev–Trinajstić information content (AvgIpc) is 3.20. The third kappa shape index (κ3) is 6.08. The summed E-state index contributed by atoms with van der Waals surface area (Å²) in [5, 5.41) is 0.00723. The number of carbonyl (C=O) groups is 1. The summed E-state index contributed by atoms with van der Waals surface area (Å²) in [7, 11) is 0. The minimum Gasteiger partial charge on any atom is -0.470 e. The van der Waals surface area contributed by atoms with Crippen LogP contribution in [-0.2, 0) is 17.5 Å². The summed E-state index contributed by atoms with van der Waals surface area (Å²) in [5.74, 6) is -2.32. The zero-order chi connectivity index (χ0) is 33.8. The molecule has 2 aromatic carbocycles. The van der Waals surface area contributed by atoms with Gasteiger partial charge in [-0.25, -0.2) is 18.6 Å². The van der Waals surface area contributed by atoms with Crippen LogP contribution in [0, 0.1) is 11.6 Å². The van der Waals surface area contributed by atoms with Crippen LogP contribution in [0.3, 0.4) is 0 Å². The number of ether oxygens (including phenoxy) is 1. The maximum atomic E-state index is 15.4. The molecule has 47 heavy (non-hydrogen) atoms. The van der Waals surface area contributed by atoms with Crippen molar-refractivity contribution < 1.29 is 31.5 Å². The Hall–Kier alpha value is -4.05. The van der Waals surface area contributed by atoms with Gasteiger partial charge >= 0.3 is 11.9 Å². The molecule has 3 atom stereocenters. The van der Waals surface area contributed by atoms with Crippen molar-refractivity contribution in [3.8, 4) is 17.0 Å². The Labute approximate surface area is 277 Å². The number of piperazine rings is 1. The Kier molecular flexibility index (Phi) is 8.76. The number of rotatable bonds is 5. The number of amides is 1. The number of aromatic nitrogens is 4. The Morgan fingerprint density at radius 1 is 1.11 bits per heavy atom. The molecule has 2 aliphatic rings. The number of hydrogen-bond acceptors (Lipinski definition) is 8. The first-order chi connectivity index (χ1) is 22.3. The van der Waals surface area contributed by atoms with E-state index in [0.717, 1.165) is 23.9 Å². The van der Waals surface area contributed by atoms with E-state index in [0.29, 0.717) is 6.07 Å². The van der Waals surface area contributed by atoms with Crippen molar-refractivity contribution in [3.63, 3.8) is 0 Å². The highest BCUT2D eigenvalue weighted by Gasteiger charge is 2.40. The summed E-state index contributed by atoms with van der Waals surface area (Å²) in [6.45, 7) is 7.34. The molecule has 2 aliphatic heterocycles. The molecular formula is C31H26BrF5N6O3S. The molecule has 1 fully saturated rings. The standard InChI is InChI=1S/C31H26BrF5N6O3S/c1-4-25(44)43-15(2)11-41(12-16(43)3)29-19-7-20(31(35,36)37)26(18-8-21(32)23(34)9-22(18)33)28-27(19)42(30(45)40-29)13-17(14-47-28)46-24-10-38-5-6-39-24/h4-10,15-17H,1,11-14H2,2-3H3/t15-,16+,17-/m0/s1. The predicted molar refractivity (Wildman–Crippen MR) is 169 cm³/mol. The van der Waals surface area contributed by atoms with Crippen LogP contribution in [0.15, 0.2) is 63.6 Å². The Bertz CT molecular complexity index is 1950. The lowest BCUT2D eigenvalue weighted by Crippen LogP contribution is -2.58. The lowest BCUT2D eigenvalue weighted by Gasteiger charge is -2.44. The van der Waals surface area contributed by atoms with Crippen LogP contribution in [-0.4, -0.2) is 67.4 Å². The fourth-order valence-corrected chi connectivity index (χ4v) is 7.80. The van der Waals surface area contributed by atoms with E-state index in [2.05, 4.69) is 37.5 Å². The SMILES string of the molecule is C=CC(=O)N1[C@H](C)CN(c2nc(=O)n3c4c(c(-c5cc(Br)c(F)cc5F)c(C(F)(F)F)cc24)SC[C@@H](Oc2cnccn2)C3)C[C@@H]1C. The number of nitrogens with zero attached hydrogens (tertiary/aromatic N) is 6. The van der Waals surface area contributed by atoms with Crippen molar-refractivity contribution in [2.45, 2.75) is 49.7 Å². The second-order valence-corrected chi connectivity index (χ2v) is 13.1. The van der Waals surface area contributed by atoms with Gasteiger partial charge in [-0.1, -0.05) is 6.58 Å². The maximum absolute atomic E-state index is 15.4. The van der Waals surface area contributed by atoms with Crippen molar-refractivity contribution in [2.24, 2.45) is 0 Å². The van der Waals surface area contributed by atoms with Crippen LogP contribution in [0.5, 0.6) is 5.88 Å². The van der Waals surface area contributed by atoms with Gasteiger partial charge in [-0.3, -0.25) is 14.3 Å². The van der Waals surface area contributed by atoms with Gasteiger partial charge in [-0.15, -0.1) is 11.8 Å². The van der Waals surface area contributed by atoms with E-state index in [-0.39, 0.29) is 63.3 Å². The van der Waals surface area contributed by atoms with Gasteiger partial charge in [-0.05, 0) is 48.0 Å². The van der Waals surface area contributed by atoms with E-state index < -0.39 is 58.4 Å². The molecule has 0 aliphatic carbocycles. The number of anilines is 1. The smallest absolute Gasteiger partial charge is 0.417 e. The summed E-state index contributed by atoms with van der Waals surface area (Å²) in [5.41, 5.74) is -2.89. The zero-order valence-corrected chi connectivity index (χ0v) is 27.3. The highest BCUT2D eigenvalue weighted by atomic mass is 79.9. The molecule has 0 spiro atoms. The van der Waals surface area contributed by atoms with Crippen molar-refractivity contribution in [2.75, 3.05) is 23.7 Å². The van der Waals surface area contributed by atoms with Gasteiger partial charge < -0.3 is 14.5 Å². The number of benzene rings is 2. The predicted octanol–water partition coefficient (Wildman–Crippen LogP) is 6.08. The first-order valence-corrected chi connectivity index (χ1v) is 16.1. The molecule has 1 amide bonds. The second kappa shape index (κ2) is 12.5. The first-order valence-electron chi connectivity index (χ1n) is 14.4. The summed E-state index contributed by atoms with van der Waals surface area (Å²) in [6, 6.07) is 1.54. The molecule has 2 aromatic heterocycles. The molecule has 1 saturated heterocycles. The molecule has 4 heterocycles. The van der Waals surface area contributed by atoms with Gasteiger partial charge in [0.25, 0.3) is 0 Å². The van der Waals surface area contributed by atoms with Crippen molar-refractivity contribution >= 4 is 50.3 Å². The molecule has 9 nitrogen and oxygen atoms in total. The van der Waals surface area contributed by atoms with E-state index in [1.807, 2.05) is 0 Å². The van der Waals surface area contributed by atoms with Crippen LogP contribution in [0.2, 0.25) is 0 Å². The van der Waals surface area contributed by atoms with Crippen LogP contribution in [0.25, 0.3) is 22.0 Å². The third-order valence-corrected chi connectivity index (χ3v) is 9.89. The Morgan fingerprint density at radius 3 is 2.47 bits per heavy atom. The van der Waals surface area contributed by atoms with Crippen molar-refractivity contribution in [1.29, 1.82) is 0 Å². The topological polar surface area (TPSA) is 93.5 Å². The van der Waals surface area contributed by atoms with E-state index in [4.69, 9.17) is 4.74 Å². The lowest BCUT2D eigenvalue weighted by molar-refractivity contribution is -0.137. The molecule has 0 radical (unpaired) electrons. The highest BCUT2D eigenvalue weighted by molar-refractivity contribution is 9.10. The number of carbonyl (C=O) groups excluding carboxylic acids is 1. The van der Waals surface area contributed by atoms with Crippen molar-refractivity contribution in [3.05, 3.63) is 81.6 Å². The normalized spacial score (nSPS) is 19.9. The molecule has 0 N–H and O–H groups in total. The van der Waals surface area contributed by atoms with Crippen LogP contribution in [0.1, 0.15) is 19.4 Å². The monoisotopic (exact) mass is 736 g/mol. The highest BCUT2D eigenvalue weighted by Crippen LogP contribution is 2.49. The fourth-order valence-electron chi connectivity index (χ4n) is 6.21. The second-order valence-electron chi connectivity index (χ2n) is 11.2. The number of halogens is 6. The van der Waals surface area contributed by atoms with E-state index in [9.17, 15) is 14.0 Å². The van der Waals surface area contributed by atoms with E-state index in [1.165, 1.54) is 29.2 Å². The van der Waals surface area contributed by atoms with Gasteiger partial charge in [0.2, 0.25) is 11.8 Å². The van der Waals surface area contributed by atoms with Crippen LogP contribution < -0.4 is 15.3 Å². The minimum absolute atomic E-state index is 0.00129. The molecule has 246 valence electrons. The molecule has 4 aromatic rings. The quantitative estimate of drug-likeness (QED) is 0.138. The summed E-state index contributed by atoms with van der Waals surface area (Å²) >= 11 is 3.93. The first kappa shape index (κ1) is 32.9. The number of alkyl halides is 3. The summed E-state index contributed by atoms with van der Waals surface area (Å²) in [4.78, 5) is 42.0. The lowest BCUT2D eigenvalue weighted by atomic mass is 9.95. The molecule has 0 bridgehead atoms. The van der Waals surface area contributed by atoms with Crippen molar-refractivity contribution in [1.82, 2.24) is 24.4 Å². The van der Waals surface area contributed by atoms with Gasteiger partial charge in [0.15, 0.2) is 0 Å². The van der Waals surface area contributed by atoms with Gasteiger partial charge in [0, 0.05) is 70.8 Å². The maximum Gasteiger partial charge on any atom is 0.417 e. The van der Waals surface area contributed by atoms with E-state index >= 15 is 17.6 Å². The number of hydrogen-bond donors (Lipinski definition) is 0. The largest absolute Gasteiger partial charge is 0.470 e. The molecule has 0 saturated carbocycles. The van der Waals surface area contributed by atoms with Gasteiger partial charge in [-0.2, -0.15) is 18.2 Å². The fraction of sp³-hybridized carbons (Fsp3) is 0.323. The molecule has 6 rings (SSSR count). The Balaban J connectivity index is 1.62. The minimum atomic E-state index is -5.00. The van der Waals surface area contributed by atoms with Gasteiger partial charge in [0.05, 0.1) is 28.3 Å². The summed E-state index contributed by atoms with van der Waals surface area (Å²) in [6.07, 6.45) is -0.375. The number of thioether (sulfide) groups is 1. The van der Waals surface area contributed by atoms with Crippen LogP contribution >= 0.6 is 27.7 Å². The molecule has 16 heteroatoms.